The van der Waals surface area contributed by atoms with Crippen LogP contribution in [0.3, 0.4) is 0 Å². The summed E-state index contributed by atoms with van der Waals surface area (Å²) in [5.74, 6) is 0.0795. The van der Waals surface area contributed by atoms with E-state index in [1.54, 1.807) is 11.1 Å². The molecule has 0 bridgehead atoms. The van der Waals surface area contributed by atoms with Gasteiger partial charge in [0.25, 0.3) is 5.91 Å². The number of amides is 2. The Morgan fingerprint density at radius 2 is 1.92 bits per heavy atom. The quantitative estimate of drug-likeness (QED) is 0.896. The Balaban J connectivity index is 1.53. The second-order valence-corrected chi connectivity index (χ2v) is 6.41. The van der Waals surface area contributed by atoms with Crippen molar-refractivity contribution in [3.63, 3.8) is 0 Å². The van der Waals surface area contributed by atoms with E-state index in [0.29, 0.717) is 44.7 Å². The third-order valence-corrected chi connectivity index (χ3v) is 4.52. The van der Waals surface area contributed by atoms with Gasteiger partial charge in [0.2, 0.25) is 5.91 Å². The summed E-state index contributed by atoms with van der Waals surface area (Å²) in [5.41, 5.74) is 2.59. The molecular weight excluding hydrogens is 320 g/mol. The van der Waals surface area contributed by atoms with Crippen molar-refractivity contribution in [2.24, 2.45) is 0 Å². The molecule has 1 saturated heterocycles. The Morgan fingerprint density at radius 3 is 2.60 bits per heavy atom. The molecule has 0 unspecified atom stereocenters. The Bertz CT molecular complexity index is 736. The van der Waals surface area contributed by atoms with Gasteiger partial charge in [0.05, 0.1) is 17.5 Å². The Hall–Kier alpha value is -2.64. The zero-order valence-electron chi connectivity index (χ0n) is 14.7. The molecule has 0 radical (unpaired) electrons. The van der Waals surface area contributed by atoms with Gasteiger partial charge in [0, 0.05) is 51.0 Å². The van der Waals surface area contributed by atoms with Gasteiger partial charge >= 0.3 is 0 Å². The molecule has 2 aromatic rings. The van der Waals surface area contributed by atoms with E-state index in [1.807, 2.05) is 29.5 Å². The Labute approximate surface area is 146 Å². The molecule has 2 amide bonds. The first kappa shape index (κ1) is 17.2. The minimum absolute atomic E-state index is 0.0364. The third kappa shape index (κ3) is 4.07. The predicted octanol–water partition coefficient (Wildman–Crippen LogP) is 0.988. The highest BCUT2D eigenvalue weighted by Crippen LogP contribution is 2.10. The maximum Gasteiger partial charge on any atom is 0.257 e. The Kier molecular flexibility index (Phi) is 5.16. The van der Waals surface area contributed by atoms with Gasteiger partial charge in [-0.25, -0.2) is 0 Å². The maximum absolute atomic E-state index is 12.5. The second kappa shape index (κ2) is 7.50. The number of aromatic nitrogens is 4. The summed E-state index contributed by atoms with van der Waals surface area (Å²) in [6, 6.07) is 2.01. The van der Waals surface area contributed by atoms with Crippen molar-refractivity contribution in [2.75, 3.05) is 26.2 Å². The van der Waals surface area contributed by atoms with Gasteiger partial charge in [-0.15, -0.1) is 0 Å². The lowest BCUT2D eigenvalue weighted by molar-refractivity contribution is -0.131. The summed E-state index contributed by atoms with van der Waals surface area (Å²) in [6.07, 6.45) is 4.35. The first-order valence-corrected chi connectivity index (χ1v) is 8.61. The van der Waals surface area contributed by atoms with Crippen LogP contribution in [0.4, 0.5) is 0 Å². The molecule has 1 aliphatic heterocycles. The van der Waals surface area contributed by atoms with E-state index >= 15 is 0 Å². The summed E-state index contributed by atoms with van der Waals surface area (Å²) in [5, 5.41) is 10.9. The number of hydrogen-bond acceptors (Lipinski definition) is 4. The fraction of sp³-hybridized carbons (Fsp3) is 0.529. The van der Waals surface area contributed by atoms with E-state index in [9.17, 15) is 9.59 Å². The number of nitrogens with one attached hydrogen (secondary N) is 1. The van der Waals surface area contributed by atoms with E-state index in [0.717, 1.165) is 17.8 Å². The van der Waals surface area contributed by atoms with Crippen LogP contribution in [-0.4, -0.2) is 67.8 Å². The van der Waals surface area contributed by atoms with Crippen molar-refractivity contribution in [1.82, 2.24) is 29.8 Å². The summed E-state index contributed by atoms with van der Waals surface area (Å²) in [7, 11) is 0. The average molecular weight is 344 g/mol. The van der Waals surface area contributed by atoms with E-state index in [1.165, 1.54) is 6.20 Å². The van der Waals surface area contributed by atoms with Crippen molar-refractivity contribution in [3.05, 3.63) is 35.4 Å². The van der Waals surface area contributed by atoms with Crippen LogP contribution in [0.25, 0.3) is 0 Å². The SMILES string of the molecule is Cc1cc(C)n(CCC(=O)N2CCCN(C(=O)c3cn[nH]c3)CC2)n1. The predicted molar refractivity (Wildman–Crippen MR) is 92.0 cm³/mol. The number of nitrogens with zero attached hydrogens (tertiary/aromatic N) is 5. The Morgan fingerprint density at radius 1 is 1.16 bits per heavy atom. The standard InChI is InChI=1S/C17H24N6O2/c1-13-10-14(2)23(20-13)7-4-16(24)21-5-3-6-22(9-8-21)17(25)15-11-18-19-12-15/h10-12H,3-9H2,1-2H3,(H,18,19). The zero-order chi connectivity index (χ0) is 17.8. The molecule has 25 heavy (non-hydrogen) atoms. The monoisotopic (exact) mass is 344 g/mol. The van der Waals surface area contributed by atoms with E-state index < -0.39 is 0 Å². The van der Waals surface area contributed by atoms with Crippen molar-refractivity contribution in [2.45, 2.75) is 33.2 Å². The molecule has 3 rings (SSSR count). The lowest BCUT2D eigenvalue weighted by Crippen LogP contribution is -2.37. The van der Waals surface area contributed by atoms with Crippen LogP contribution in [0, 0.1) is 13.8 Å². The highest BCUT2D eigenvalue weighted by molar-refractivity contribution is 5.93. The van der Waals surface area contributed by atoms with Crippen molar-refractivity contribution in [1.29, 1.82) is 0 Å². The van der Waals surface area contributed by atoms with Crippen LogP contribution in [0.1, 0.15) is 34.6 Å². The summed E-state index contributed by atoms with van der Waals surface area (Å²) >= 11 is 0. The highest BCUT2D eigenvalue weighted by atomic mass is 16.2. The van der Waals surface area contributed by atoms with E-state index in [2.05, 4.69) is 15.3 Å². The molecule has 0 atom stereocenters. The van der Waals surface area contributed by atoms with E-state index in [-0.39, 0.29) is 11.8 Å². The summed E-state index contributed by atoms with van der Waals surface area (Å²) in [4.78, 5) is 28.6. The van der Waals surface area contributed by atoms with Crippen LogP contribution in [0.2, 0.25) is 0 Å². The molecule has 3 heterocycles. The fourth-order valence-corrected chi connectivity index (χ4v) is 3.18. The van der Waals surface area contributed by atoms with Crippen molar-refractivity contribution in [3.8, 4) is 0 Å². The number of H-pyrrole nitrogens is 1. The van der Waals surface area contributed by atoms with Gasteiger partial charge in [0.1, 0.15) is 0 Å². The van der Waals surface area contributed by atoms with Crippen LogP contribution in [-0.2, 0) is 11.3 Å². The fourth-order valence-electron chi connectivity index (χ4n) is 3.18. The van der Waals surface area contributed by atoms with Crippen molar-refractivity contribution < 1.29 is 9.59 Å². The number of rotatable bonds is 4. The van der Waals surface area contributed by atoms with Gasteiger partial charge in [-0.1, -0.05) is 0 Å². The molecular formula is C17H24N6O2. The van der Waals surface area contributed by atoms with Gasteiger partial charge in [-0.3, -0.25) is 19.4 Å². The molecule has 1 N–H and O–H groups in total. The number of carbonyl (C=O) groups is 2. The second-order valence-electron chi connectivity index (χ2n) is 6.41. The molecule has 8 heteroatoms. The van der Waals surface area contributed by atoms with Crippen LogP contribution < -0.4 is 0 Å². The molecule has 2 aromatic heterocycles. The summed E-state index contributed by atoms with van der Waals surface area (Å²) < 4.78 is 1.87. The van der Waals surface area contributed by atoms with Crippen molar-refractivity contribution >= 4 is 11.8 Å². The molecule has 0 spiro atoms. The van der Waals surface area contributed by atoms with Gasteiger partial charge < -0.3 is 9.80 Å². The van der Waals surface area contributed by atoms with Gasteiger partial charge in [0.15, 0.2) is 0 Å². The van der Waals surface area contributed by atoms with Crippen LogP contribution >= 0.6 is 0 Å². The third-order valence-electron chi connectivity index (χ3n) is 4.52. The minimum Gasteiger partial charge on any atom is -0.341 e. The van der Waals surface area contributed by atoms with Gasteiger partial charge in [-0.2, -0.15) is 10.2 Å². The molecule has 0 aliphatic carbocycles. The number of aromatic amines is 1. The largest absolute Gasteiger partial charge is 0.341 e. The van der Waals surface area contributed by atoms with E-state index in [4.69, 9.17) is 0 Å². The smallest absolute Gasteiger partial charge is 0.257 e. The highest BCUT2D eigenvalue weighted by Gasteiger charge is 2.23. The zero-order valence-corrected chi connectivity index (χ0v) is 14.7. The molecule has 1 aliphatic rings. The van der Waals surface area contributed by atoms with Crippen LogP contribution in [0.15, 0.2) is 18.5 Å². The summed E-state index contributed by atoms with van der Waals surface area (Å²) in [6.45, 7) is 7.00. The lowest BCUT2D eigenvalue weighted by atomic mass is 10.3. The van der Waals surface area contributed by atoms with Crippen LogP contribution in [0.5, 0.6) is 0 Å². The number of carbonyl (C=O) groups excluding carboxylic acids is 2. The molecule has 1 fully saturated rings. The minimum atomic E-state index is -0.0364. The first-order chi connectivity index (χ1) is 12.0. The normalized spacial score (nSPS) is 15.3. The molecule has 0 saturated carbocycles. The number of aryl methyl sites for hydroxylation is 3. The lowest BCUT2D eigenvalue weighted by Gasteiger charge is -2.22. The molecule has 8 nitrogen and oxygen atoms in total. The topological polar surface area (TPSA) is 87.1 Å². The van der Waals surface area contributed by atoms with Gasteiger partial charge in [-0.05, 0) is 26.3 Å². The first-order valence-electron chi connectivity index (χ1n) is 8.61. The number of hydrogen-bond donors (Lipinski definition) is 1. The molecule has 0 aromatic carbocycles. The maximum atomic E-state index is 12.5. The average Bonchev–Trinajstić information content (AvgIpc) is 3.15. The molecule has 134 valence electrons.